The lowest BCUT2D eigenvalue weighted by atomic mass is 9.90. The van der Waals surface area contributed by atoms with Crippen molar-refractivity contribution in [3.63, 3.8) is 0 Å². The summed E-state index contributed by atoms with van der Waals surface area (Å²) >= 11 is 1.18. The Morgan fingerprint density at radius 1 is 1.12 bits per heavy atom. The van der Waals surface area contributed by atoms with E-state index in [1.54, 1.807) is 51.3 Å². The van der Waals surface area contributed by atoms with Gasteiger partial charge in [0.05, 0.1) is 34.4 Å². The van der Waals surface area contributed by atoms with Gasteiger partial charge in [0, 0.05) is 29.3 Å². The summed E-state index contributed by atoms with van der Waals surface area (Å²) in [5.74, 6) is 0.873. The summed E-state index contributed by atoms with van der Waals surface area (Å²) in [5.41, 5.74) is 1.64. The highest BCUT2D eigenvalue weighted by molar-refractivity contribution is 7.07. The van der Waals surface area contributed by atoms with Crippen molar-refractivity contribution in [2.24, 2.45) is 4.99 Å². The van der Waals surface area contributed by atoms with E-state index in [9.17, 15) is 19.7 Å². The van der Waals surface area contributed by atoms with E-state index in [0.29, 0.717) is 43.4 Å². The van der Waals surface area contributed by atoms with Crippen LogP contribution >= 0.6 is 11.3 Å². The van der Waals surface area contributed by atoms with Gasteiger partial charge in [0.2, 0.25) is 0 Å². The van der Waals surface area contributed by atoms with E-state index >= 15 is 0 Å². The zero-order chi connectivity index (χ0) is 30.2. The molecular formula is C32H25N3O7S. The first-order chi connectivity index (χ1) is 20.8. The summed E-state index contributed by atoms with van der Waals surface area (Å²) in [7, 11) is 1.55. The third-order valence-electron chi connectivity index (χ3n) is 7.20. The third-order valence-corrected chi connectivity index (χ3v) is 8.19. The number of benzene rings is 3. The van der Waals surface area contributed by atoms with Gasteiger partial charge in [0.1, 0.15) is 23.3 Å². The minimum absolute atomic E-state index is 0.0218. The van der Waals surface area contributed by atoms with Crippen molar-refractivity contribution in [1.29, 1.82) is 0 Å². The standard InChI is InChI=1S/C32H25N3O7S/c1-4-41-31(37)27-18(2)33-32-34(29(27)28-23-8-6-5-7-19(23)11-15-25(28)40-3)30(36)26(43-32)17-22-14-16-24(42-22)20-9-12-21(13-10-20)35(38)39/h5-17,29H,4H2,1-3H3/b26-17-/t29-/m1/s1. The molecule has 43 heavy (non-hydrogen) atoms. The Kier molecular flexibility index (Phi) is 7.24. The summed E-state index contributed by atoms with van der Waals surface area (Å²) < 4.78 is 19.1. The van der Waals surface area contributed by atoms with Crippen LogP contribution in [0.25, 0.3) is 28.2 Å². The van der Waals surface area contributed by atoms with Gasteiger partial charge in [-0.3, -0.25) is 19.5 Å². The molecule has 10 nitrogen and oxygen atoms in total. The molecule has 3 aromatic carbocycles. The molecule has 2 aromatic heterocycles. The number of carbonyl (C=O) groups is 1. The van der Waals surface area contributed by atoms with Crippen LogP contribution in [0.5, 0.6) is 5.75 Å². The maximum atomic E-state index is 14.1. The van der Waals surface area contributed by atoms with E-state index in [4.69, 9.17) is 13.9 Å². The first-order valence-corrected chi connectivity index (χ1v) is 14.2. The number of fused-ring (bicyclic) bond motifs is 2. The topological polar surface area (TPSA) is 126 Å². The van der Waals surface area contributed by atoms with Crippen molar-refractivity contribution >= 4 is 39.8 Å². The summed E-state index contributed by atoms with van der Waals surface area (Å²) in [6.45, 7) is 3.62. The van der Waals surface area contributed by atoms with Gasteiger partial charge in [-0.1, -0.05) is 41.7 Å². The van der Waals surface area contributed by atoms with E-state index in [-0.39, 0.29) is 23.4 Å². The molecule has 6 rings (SSSR count). The molecule has 0 saturated carbocycles. The van der Waals surface area contributed by atoms with Crippen molar-refractivity contribution in [1.82, 2.24) is 4.57 Å². The highest BCUT2D eigenvalue weighted by atomic mass is 32.1. The van der Waals surface area contributed by atoms with Gasteiger partial charge in [0.15, 0.2) is 4.80 Å². The number of esters is 1. The maximum absolute atomic E-state index is 14.1. The number of rotatable bonds is 7. The number of nitrogens with zero attached hydrogens (tertiary/aromatic N) is 3. The number of thiazole rings is 1. The molecule has 1 aliphatic heterocycles. The van der Waals surface area contributed by atoms with Crippen LogP contribution in [0.15, 0.2) is 98.3 Å². The number of furan rings is 1. The predicted molar refractivity (Wildman–Crippen MR) is 162 cm³/mol. The fourth-order valence-electron chi connectivity index (χ4n) is 5.26. The van der Waals surface area contributed by atoms with Crippen molar-refractivity contribution in [3.05, 3.63) is 125 Å². The number of hydrogen-bond acceptors (Lipinski definition) is 9. The van der Waals surface area contributed by atoms with Gasteiger partial charge in [-0.25, -0.2) is 9.79 Å². The number of hydrogen-bond donors (Lipinski definition) is 0. The Balaban J connectivity index is 1.53. The molecule has 11 heteroatoms. The van der Waals surface area contributed by atoms with Gasteiger partial charge in [0.25, 0.3) is 11.2 Å². The molecule has 1 aliphatic rings. The molecule has 0 aliphatic carbocycles. The van der Waals surface area contributed by atoms with Crippen molar-refractivity contribution in [2.45, 2.75) is 19.9 Å². The lowest BCUT2D eigenvalue weighted by Gasteiger charge is -2.27. The van der Waals surface area contributed by atoms with E-state index in [0.717, 1.165) is 10.8 Å². The number of nitro groups is 1. The van der Waals surface area contributed by atoms with Gasteiger partial charge in [-0.2, -0.15) is 0 Å². The zero-order valence-corrected chi connectivity index (χ0v) is 24.2. The van der Waals surface area contributed by atoms with Crippen LogP contribution in [0.2, 0.25) is 0 Å². The Labute approximate surface area is 248 Å². The molecule has 0 saturated heterocycles. The van der Waals surface area contributed by atoms with Crippen LogP contribution < -0.4 is 19.6 Å². The SMILES string of the molecule is CCOC(=O)C1=C(C)N=c2s/c(=C\c3ccc(-c4ccc([N+](=O)[O-])cc4)o3)c(=O)n2[C@H]1c1c(OC)ccc2ccccc12. The summed E-state index contributed by atoms with van der Waals surface area (Å²) in [6, 6.07) is 20.1. The lowest BCUT2D eigenvalue weighted by molar-refractivity contribution is -0.384. The maximum Gasteiger partial charge on any atom is 0.338 e. The minimum Gasteiger partial charge on any atom is -0.496 e. The molecular weight excluding hydrogens is 570 g/mol. The minimum atomic E-state index is -0.856. The zero-order valence-electron chi connectivity index (χ0n) is 23.4. The van der Waals surface area contributed by atoms with Crippen LogP contribution in [0, 0.1) is 10.1 Å². The fourth-order valence-corrected chi connectivity index (χ4v) is 6.29. The highest BCUT2D eigenvalue weighted by Crippen LogP contribution is 2.40. The van der Waals surface area contributed by atoms with Crippen LogP contribution in [0.1, 0.15) is 31.2 Å². The fraction of sp³-hybridized carbons (Fsp3) is 0.156. The van der Waals surface area contributed by atoms with E-state index in [1.165, 1.54) is 28.0 Å². The Morgan fingerprint density at radius 3 is 2.60 bits per heavy atom. The second kappa shape index (κ2) is 11.2. The van der Waals surface area contributed by atoms with Gasteiger partial charge >= 0.3 is 5.97 Å². The van der Waals surface area contributed by atoms with Crippen LogP contribution in [0.4, 0.5) is 5.69 Å². The number of aromatic nitrogens is 1. The number of allylic oxidation sites excluding steroid dienone is 1. The molecule has 5 aromatic rings. The van der Waals surface area contributed by atoms with Crippen molar-refractivity contribution in [3.8, 4) is 17.1 Å². The van der Waals surface area contributed by atoms with Crippen LogP contribution in [-0.2, 0) is 9.53 Å². The molecule has 0 bridgehead atoms. The first kappa shape index (κ1) is 27.9. The summed E-state index contributed by atoms with van der Waals surface area (Å²) in [4.78, 5) is 43.1. The first-order valence-electron chi connectivity index (χ1n) is 13.4. The number of carbonyl (C=O) groups excluding carboxylic acids is 1. The van der Waals surface area contributed by atoms with E-state index in [1.807, 2.05) is 36.4 Å². The van der Waals surface area contributed by atoms with Crippen LogP contribution in [-0.4, -0.2) is 29.2 Å². The Morgan fingerprint density at radius 2 is 1.88 bits per heavy atom. The summed E-state index contributed by atoms with van der Waals surface area (Å²) in [5, 5.41) is 12.8. The number of methoxy groups -OCH3 is 1. The van der Waals surface area contributed by atoms with Gasteiger partial charge in [-0.05, 0) is 55.0 Å². The highest BCUT2D eigenvalue weighted by Gasteiger charge is 2.36. The van der Waals surface area contributed by atoms with E-state index in [2.05, 4.69) is 4.99 Å². The van der Waals surface area contributed by atoms with Crippen molar-refractivity contribution in [2.75, 3.05) is 13.7 Å². The molecule has 0 amide bonds. The molecule has 1 atom stereocenters. The molecule has 0 radical (unpaired) electrons. The summed E-state index contributed by atoms with van der Waals surface area (Å²) in [6.07, 6.45) is 1.62. The molecule has 0 fully saturated rings. The Hall–Kier alpha value is -5.29. The number of ether oxygens (including phenoxy) is 2. The normalized spacial score (nSPS) is 14.9. The van der Waals surface area contributed by atoms with Crippen molar-refractivity contribution < 1.29 is 23.6 Å². The second-order valence-electron chi connectivity index (χ2n) is 9.71. The quantitative estimate of drug-likeness (QED) is 0.145. The Bertz CT molecular complexity index is 2120. The second-order valence-corrected chi connectivity index (χ2v) is 10.7. The molecule has 216 valence electrons. The molecule has 3 heterocycles. The predicted octanol–water partition coefficient (Wildman–Crippen LogP) is 5.13. The molecule has 0 N–H and O–H groups in total. The third kappa shape index (κ3) is 4.93. The average molecular weight is 596 g/mol. The van der Waals surface area contributed by atoms with Crippen LogP contribution in [0.3, 0.4) is 0 Å². The molecule has 0 unspecified atom stereocenters. The average Bonchev–Trinajstić information content (AvgIpc) is 3.60. The number of non-ortho nitro benzene ring substituents is 1. The van der Waals surface area contributed by atoms with Gasteiger partial charge in [-0.15, -0.1) is 0 Å². The smallest absolute Gasteiger partial charge is 0.338 e. The molecule has 0 spiro atoms. The lowest BCUT2D eigenvalue weighted by Crippen LogP contribution is -2.40. The number of nitro benzene ring substituents is 1. The largest absolute Gasteiger partial charge is 0.496 e. The van der Waals surface area contributed by atoms with E-state index < -0.39 is 16.9 Å². The monoisotopic (exact) mass is 595 g/mol. The van der Waals surface area contributed by atoms with Gasteiger partial charge < -0.3 is 13.9 Å².